The average molecular weight is 185 g/mol. The molecule has 0 amide bonds. The van der Waals surface area contributed by atoms with Gasteiger partial charge in [0.2, 0.25) is 0 Å². The highest BCUT2D eigenvalue weighted by Gasteiger charge is 2.27. The largest absolute Gasteiger partial charge is 0.378 e. The summed E-state index contributed by atoms with van der Waals surface area (Å²) in [5.41, 5.74) is 6.14. The topological polar surface area (TPSA) is 35.2 Å². The fourth-order valence-corrected chi connectivity index (χ4v) is 1.97. The van der Waals surface area contributed by atoms with E-state index in [0.29, 0.717) is 18.1 Å². The molecule has 0 aliphatic carbocycles. The lowest BCUT2D eigenvalue weighted by atomic mass is 9.89. The van der Waals surface area contributed by atoms with E-state index in [1.54, 1.807) is 0 Å². The van der Waals surface area contributed by atoms with Crippen LogP contribution < -0.4 is 5.73 Å². The minimum atomic E-state index is 0.347. The summed E-state index contributed by atoms with van der Waals surface area (Å²) < 4.78 is 5.52. The van der Waals surface area contributed by atoms with Crippen molar-refractivity contribution < 1.29 is 4.74 Å². The summed E-state index contributed by atoms with van der Waals surface area (Å²) in [6.07, 6.45) is 3.96. The average Bonchev–Trinajstić information content (AvgIpc) is 2.51. The van der Waals surface area contributed by atoms with E-state index in [-0.39, 0.29) is 0 Å². The second-order valence-electron chi connectivity index (χ2n) is 4.55. The Morgan fingerprint density at radius 2 is 2.23 bits per heavy atom. The summed E-state index contributed by atoms with van der Waals surface area (Å²) in [5, 5.41) is 0. The van der Waals surface area contributed by atoms with Gasteiger partial charge in [-0.2, -0.15) is 0 Å². The Labute approximate surface area is 81.8 Å². The molecule has 1 heterocycles. The van der Waals surface area contributed by atoms with Crippen LogP contribution in [0.4, 0.5) is 0 Å². The van der Waals surface area contributed by atoms with Crippen LogP contribution in [0, 0.1) is 11.8 Å². The third-order valence-electron chi connectivity index (χ3n) is 3.21. The summed E-state index contributed by atoms with van der Waals surface area (Å²) in [4.78, 5) is 0. The molecule has 1 saturated heterocycles. The van der Waals surface area contributed by atoms with Crippen molar-refractivity contribution in [1.82, 2.24) is 0 Å². The number of nitrogens with two attached hydrogens (primary N) is 1. The molecule has 0 saturated carbocycles. The smallest absolute Gasteiger partial charge is 0.0551 e. The molecule has 0 aromatic rings. The van der Waals surface area contributed by atoms with Crippen molar-refractivity contribution in [3.8, 4) is 0 Å². The molecule has 0 aromatic carbocycles. The summed E-state index contributed by atoms with van der Waals surface area (Å²) in [7, 11) is 0. The highest BCUT2D eigenvalue weighted by molar-refractivity contribution is 4.80. The van der Waals surface area contributed by atoms with Crippen LogP contribution in [-0.4, -0.2) is 18.8 Å². The van der Waals surface area contributed by atoms with Gasteiger partial charge in [-0.25, -0.2) is 0 Å². The number of hydrogen-bond donors (Lipinski definition) is 1. The van der Waals surface area contributed by atoms with Crippen molar-refractivity contribution in [1.29, 1.82) is 0 Å². The van der Waals surface area contributed by atoms with Gasteiger partial charge in [0.25, 0.3) is 0 Å². The van der Waals surface area contributed by atoms with Gasteiger partial charge in [0.15, 0.2) is 0 Å². The molecule has 0 radical (unpaired) electrons. The molecular formula is C11H23NO. The van der Waals surface area contributed by atoms with Crippen LogP contribution in [0.1, 0.15) is 40.0 Å². The second-order valence-corrected chi connectivity index (χ2v) is 4.55. The van der Waals surface area contributed by atoms with Gasteiger partial charge in [0.05, 0.1) is 12.7 Å². The van der Waals surface area contributed by atoms with E-state index < -0.39 is 0 Å². The van der Waals surface area contributed by atoms with Crippen molar-refractivity contribution in [2.24, 2.45) is 17.6 Å². The minimum absolute atomic E-state index is 0.347. The first kappa shape index (κ1) is 11.0. The van der Waals surface area contributed by atoms with Crippen molar-refractivity contribution in [2.45, 2.75) is 52.2 Å². The van der Waals surface area contributed by atoms with E-state index >= 15 is 0 Å². The van der Waals surface area contributed by atoms with E-state index in [2.05, 4.69) is 20.8 Å². The normalized spacial score (nSPS) is 33.2. The van der Waals surface area contributed by atoms with Crippen molar-refractivity contribution in [3.05, 3.63) is 0 Å². The molecule has 1 aliphatic rings. The molecule has 1 fully saturated rings. The van der Waals surface area contributed by atoms with E-state index in [4.69, 9.17) is 10.5 Å². The lowest BCUT2D eigenvalue weighted by Gasteiger charge is -2.20. The zero-order valence-corrected chi connectivity index (χ0v) is 9.12. The lowest BCUT2D eigenvalue weighted by molar-refractivity contribution is 0.117. The molecule has 2 heteroatoms. The second kappa shape index (κ2) is 4.97. The van der Waals surface area contributed by atoms with E-state index in [9.17, 15) is 0 Å². The van der Waals surface area contributed by atoms with Crippen LogP contribution in [0.25, 0.3) is 0 Å². The monoisotopic (exact) mass is 185 g/mol. The molecule has 1 rings (SSSR count). The standard InChI is InChI=1S/C11H23NO/c1-4-8(2)5-11(12)10-6-9(3)13-7-10/h8-11H,4-7,12H2,1-3H3. The molecule has 1 aliphatic heterocycles. The van der Waals surface area contributed by atoms with Gasteiger partial charge in [-0.05, 0) is 31.6 Å². The fourth-order valence-electron chi connectivity index (χ4n) is 1.97. The van der Waals surface area contributed by atoms with E-state index in [1.807, 2.05) is 0 Å². The van der Waals surface area contributed by atoms with E-state index in [1.165, 1.54) is 6.42 Å². The predicted octanol–water partition coefficient (Wildman–Crippen LogP) is 2.17. The van der Waals surface area contributed by atoms with Crippen LogP contribution in [0.15, 0.2) is 0 Å². The third-order valence-corrected chi connectivity index (χ3v) is 3.21. The van der Waals surface area contributed by atoms with Gasteiger partial charge in [-0.15, -0.1) is 0 Å². The Hall–Kier alpha value is -0.0800. The molecule has 4 unspecified atom stereocenters. The Morgan fingerprint density at radius 3 is 2.69 bits per heavy atom. The third kappa shape index (κ3) is 3.28. The first-order chi connectivity index (χ1) is 6.13. The summed E-state index contributed by atoms with van der Waals surface area (Å²) in [6.45, 7) is 7.51. The Kier molecular flexibility index (Phi) is 4.20. The zero-order valence-electron chi connectivity index (χ0n) is 9.12. The number of ether oxygens (including phenoxy) is 1. The first-order valence-corrected chi connectivity index (χ1v) is 5.50. The molecule has 13 heavy (non-hydrogen) atoms. The van der Waals surface area contributed by atoms with Crippen LogP contribution in [0.2, 0.25) is 0 Å². The Morgan fingerprint density at radius 1 is 1.54 bits per heavy atom. The van der Waals surface area contributed by atoms with Gasteiger partial charge in [-0.1, -0.05) is 20.3 Å². The fraction of sp³-hybridized carbons (Fsp3) is 1.00. The molecule has 2 N–H and O–H groups in total. The van der Waals surface area contributed by atoms with Crippen molar-refractivity contribution in [2.75, 3.05) is 6.61 Å². The molecule has 4 atom stereocenters. The maximum atomic E-state index is 6.14. The van der Waals surface area contributed by atoms with Gasteiger partial charge in [0, 0.05) is 6.04 Å². The summed E-state index contributed by atoms with van der Waals surface area (Å²) in [5.74, 6) is 1.36. The maximum Gasteiger partial charge on any atom is 0.0551 e. The van der Waals surface area contributed by atoms with Crippen molar-refractivity contribution in [3.63, 3.8) is 0 Å². The van der Waals surface area contributed by atoms with Gasteiger partial charge in [0.1, 0.15) is 0 Å². The summed E-state index contributed by atoms with van der Waals surface area (Å²) in [6, 6.07) is 0.347. The SMILES string of the molecule is CCC(C)CC(N)C1COC(C)C1. The van der Waals surface area contributed by atoms with Crippen LogP contribution >= 0.6 is 0 Å². The molecule has 78 valence electrons. The van der Waals surface area contributed by atoms with Crippen LogP contribution in [-0.2, 0) is 4.74 Å². The van der Waals surface area contributed by atoms with Gasteiger partial charge >= 0.3 is 0 Å². The molecule has 0 aromatic heterocycles. The molecular weight excluding hydrogens is 162 g/mol. The summed E-state index contributed by atoms with van der Waals surface area (Å²) >= 11 is 0. The maximum absolute atomic E-state index is 6.14. The first-order valence-electron chi connectivity index (χ1n) is 5.50. The highest BCUT2D eigenvalue weighted by atomic mass is 16.5. The number of hydrogen-bond acceptors (Lipinski definition) is 2. The minimum Gasteiger partial charge on any atom is -0.378 e. The Bertz CT molecular complexity index is 149. The molecule has 0 bridgehead atoms. The van der Waals surface area contributed by atoms with Gasteiger partial charge in [-0.3, -0.25) is 0 Å². The van der Waals surface area contributed by atoms with Gasteiger partial charge < -0.3 is 10.5 Å². The van der Waals surface area contributed by atoms with E-state index in [0.717, 1.165) is 25.4 Å². The van der Waals surface area contributed by atoms with Crippen LogP contribution in [0.3, 0.4) is 0 Å². The highest BCUT2D eigenvalue weighted by Crippen LogP contribution is 2.25. The number of rotatable bonds is 4. The quantitative estimate of drug-likeness (QED) is 0.728. The Balaban J connectivity index is 2.27. The zero-order chi connectivity index (χ0) is 9.84. The molecule has 2 nitrogen and oxygen atoms in total. The van der Waals surface area contributed by atoms with Crippen LogP contribution in [0.5, 0.6) is 0 Å². The molecule has 0 spiro atoms. The van der Waals surface area contributed by atoms with Crippen molar-refractivity contribution >= 4 is 0 Å². The predicted molar refractivity (Wildman–Crippen MR) is 55.6 cm³/mol. The lowest BCUT2D eigenvalue weighted by Crippen LogP contribution is -2.32.